The number of aliphatic carboxylic acids is 1. The van der Waals surface area contributed by atoms with Gasteiger partial charge in [-0.3, -0.25) is 0 Å². The van der Waals surface area contributed by atoms with Gasteiger partial charge >= 0.3 is 17.9 Å². The maximum Gasteiger partial charge on any atom is 0.333 e. The molecule has 1 N–H and O–H groups in total. The normalized spacial score (nSPS) is 13.8. The molecular weight excluding hydrogens is 404 g/mol. The maximum atomic E-state index is 11.5. The lowest BCUT2D eigenvalue weighted by Gasteiger charge is -2.21. The average Bonchev–Trinajstić information content (AvgIpc) is 3.46. The standard InChI is InChI=1S/C16H22O4.C4H6O2.C3H4O2/c1-12(2)16(17)18-11-15(19-13-7-3-4-8-13)20-14-9-5-6-10-14;1-3-4(5)6-2;1-2-3(4)5/h7,9,15H,1,3-6,8,10-11H2,2H3;3H,1H2,2H3;2H,1H2,(H,4,5). The lowest BCUT2D eigenvalue weighted by Crippen LogP contribution is -2.25. The number of hydrogen-bond donors (Lipinski definition) is 1. The Bertz CT molecular complexity index is 676. The maximum absolute atomic E-state index is 11.5. The van der Waals surface area contributed by atoms with Crippen molar-refractivity contribution in [1.29, 1.82) is 0 Å². The fourth-order valence-electron chi connectivity index (χ4n) is 2.28. The third-order valence-electron chi connectivity index (χ3n) is 3.81. The molecule has 0 amide bonds. The van der Waals surface area contributed by atoms with Crippen LogP contribution in [0.25, 0.3) is 0 Å². The molecule has 0 aromatic heterocycles. The van der Waals surface area contributed by atoms with E-state index in [0.717, 1.165) is 62.2 Å². The second-order valence-electron chi connectivity index (χ2n) is 6.44. The van der Waals surface area contributed by atoms with Crippen LogP contribution < -0.4 is 0 Å². The predicted octanol–water partition coefficient (Wildman–Crippen LogP) is 4.20. The minimum Gasteiger partial charge on any atom is -0.478 e. The van der Waals surface area contributed by atoms with Gasteiger partial charge in [0.15, 0.2) is 6.61 Å². The summed E-state index contributed by atoms with van der Waals surface area (Å²) < 4.78 is 20.9. The van der Waals surface area contributed by atoms with Crippen molar-refractivity contribution in [2.24, 2.45) is 0 Å². The van der Waals surface area contributed by atoms with Crippen molar-refractivity contribution in [2.45, 2.75) is 51.7 Å². The van der Waals surface area contributed by atoms with Gasteiger partial charge in [-0.15, -0.1) is 0 Å². The van der Waals surface area contributed by atoms with E-state index >= 15 is 0 Å². The Labute approximate surface area is 183 Å². The van der Waals surface area contributed by atoms with E-state index in [9.17, 15) is 14.4 Å². The Morgan fingerprint density at radius 1 is 1.06 bits per heavy atom. The number of carbonyl (C=O) groups is 3. The zero-order chi connectivity index (χ0) is 23.6. The molecule has 0 fully saturated rings. The average molecular weight is 437 g/mol. The molecule has 0 saturated heterocycles. The number of methoxy groups -OCH3 is 1. The highest BCUT2D eigenvalue weighted by Gasteiger charge is 2.20. The number of carboxylic acids is 1. The largest absolute Gasteiger partial charge is 0.478 e. The minimum atomic E-state index is -0.981. The molecular formula is C23H32O8. The van der Waals surface area contributed by atoms with Gasteiger partial charge in [0.05, 0.1) is 18.6 Å². The summed E-state index contributed by atoms with van der Waals surface area (Å²) in [6.45, 7) is 11.4. The lowest BCUT2D eigenvalue weighted by atomic mass is 10.3. The van der Waals surface area contributed by atoms with Crippen LogP contribution in [0, 0.1) is 0 Å². The van der Waals surface area contributed by atoms with Crippen LogP contribution >= 0.6 is 0 Å². The van der Waals surface area contributed by atoms with Gasteiger partial charge in [-0.05, 0) is 44.8 Å². The molecule has 0 aliphatic heterocycles. The number of allylic oxidation sites excluding steroid dienone is 4. The topological polar surface area (TPSA) is 108 Å². The summed E-state index contributed by atoms with van der Waals surface area (Å²) in [5.74, 6) is 0.0722. The minimum absolute atomic E-state index is 0.0837. The van der Waals surface area contributed by atoms with Crippen molar-refractivity contribution in [1.82, 2.24) is 0 Å². The third-order valence-corrected chi connectivity index (χ3v) is 3.81. The van der Waals surface area contributed by atoms with Crippen LogP contribution in [0.3, 0.4) is 0 Å². The van der Waals surface area contributed by atoms with E-state index in [4.69, 9.17) is 19.3 Å². The van der Waals surface area contributed by atoms with Gasteiger partial charge in [0, 0.05) is 30.6 Å². The molecule has 2 aliphatic rings. The Morgan fingerprint density at radius 2 is 1.55 bits per heavy atom. The molecule has 0 bridgehead atoms. The zero-order valence-electron chi connectivity index (χ0n) is 18.3. The van der Waals surface area contributed by atoms with Gasteiger partial charge in [-0.1, -0.05) is 19.7 Å². The molecule has 0 radical (unpaired) electrons. The van der Waals surface area contributed by atoms with E-state index in [1.54, 1.807) is 6.92 Å². The third kappa shape index (κ3) is 14.4. The molecule has 0 heterocycles. The first-order valence-electron chi connectivity index (χ1n) is 9.83. The summed E-state index contributed by atoms with van der Waals surface area (Å²) in [5, 5.41) is 7.60. The number of hydrogen-bond acceptors (Lipinski definition) is 7. The number of carboxylic acid groups (broad SMARTS) is 1. The van der Waals surface area contributed by atoms with Crippen LogP contribution in [-0.2, 0) is 33.3 Å². The van der Waals surface area contributed by atoms with Crippen molar-refractivity contribution >= 4 is 17.9 Å². The summed E-state index contributed by atoms with van der Waals surface area (Å²) in [6, 6.07) is 0. The summed E-state index contributed by atoms with van der Waals surface area (Å²) in [4.78, 5) is 30.5. The van der Waals surface area contributed by atoms with Crippen LogP contribution in [0.4, 0.5) is 0 Å². The summed E-state index contributed by atoms with van der Waals surface area (Å²) >= 11 is 0. The molecule has 2 aliphatic carbocycles. The van der Waals surface area contributed by atoms with Gasteiger partial charge in [0.25, 0.3) is 6.29 Å². The lowest BCUT2D eigenvalue weighted by molar-refractivity contribution is -0.159. The number of ether oxygens (including phenoxy) is 4. The molecule has 0 aromatic rings. The monoisotopic (exact) mass is 436 g/mol. The van der Waals surface area contributed by atoms with Crippen molar-refractivity contribution < 1.29 is 38.4 Å². The van der Waals surface area contributed by atoms with Crippen LogP contribution in [0.2, 0.25) is 0 Å². The smallest absolute Gasteiger partial charge is 0.333 e. The van der Waals surface area contributed by atoms with Gasteiger partial charge in [0.1, 0.15) is 0 Å². The second kappa shape index (κ2) is 16.5. The van der Waals surface area contributed by atoms with Gasteiger partial charge in [-0.25, -0.2) is 14.4 Å². The first-order valence-corrected chi connectivity index (χ1v) is 9.83. The van der Waals surface area contributed by atoms with Gasteiger partial charge in [-0.2, -0.15) is 0 Å². The highest BCUT2D eigenvalue weighted by molar-refractivity contribution is 5.86. The van der Waals surface area contributed by atoms with Crippen LogP contribution in [0.15, 0.2) is 61.1 Å². The zero-order valence-corrected chi connectivity index (χ0v) is 18.3. The van der Waals surface area contributed by atoms with E-state index in [1.165, 1.54) is 7.11 Å². The van der Waals surface area contributed by atoms with E-state index in [2.05, 4.69) is 36.6 Å². The summed E-state index contributed by atoms with van der Waals surface area (Å²) in [5.41, 5.74) is 0.379. The first kappa shape index (κ1) is 27.7. The van der Waals surface area contributed by atoms with Crippen molar-refractivity contribution in [3.05, 3.63) is 61.1 Å². The fourth-order valence-corrected chi connectivity index (χ4v) is 2.28. The first-order chi connectivity index (χ1) is 14.7. The number of esters is 2. The molecule has 0 saturated carbocycles. The molecule has 0 unspecified atom stereocenters. The molecule has 172 valence electrons. The quantitative estimate of drug-likeness (QED) is 0.325. The highest BCUT2D eigenvalue weighted by Crippen LogP contribution is 2.25. The fraction of sp³-hybridized carbons (Fsp3) is 0.435. The molecule has 0 atom stereocenters. The van der Waals surface area contributed by atoms with Crippen molar-refractivity contribution in [3.8, 4) is 0 Å². The summed E-state index contributed by atoms with van der Waals surface area (Å²) in [7, 11) is 1.31. The predicted molar refractivity (Wildman–Crippen MR) is 116 cm³/mol. The Morgan fingerprint density at radius 3 is 1.81 bits per heavy atom. The Kier molecular flexibility index (Phi) is 14.7. The van der Waals surface area contributed by atoms with Crippen LogP contribution in [-0.4, -0.2) is 43.0 Å². The van der Waals surface area contributed by atoms with Crippen LogP contribution in [0.1, 0.15) is 45.4 Å². The Hall–Kier alpha value is -3.29. The van der Waals surface area contributed by atoms with Gasteiger partial charge < -0.3 is 24.1 Å². The summed E-state index contributed by atoms with van der Waals surface area (Å²) in [6.07, 6.45) is 11.7. The van der Waals surface area contributed by atoms with E-state index in [-0.39, 0.29) is 6.61 Å². The molecule has 8 nitrogen and oxygen atoms in total. The van der Waals surface area contributed by atoms with E-state index in [1.807, 2.05) is 0 Å². The van der Waals surface area contributed by atoms with E-state index < -0.39 is 24.2 Å². The number of rotatable bonds is 9. The SMILES string of the molecule is C=C(C)C(=O)OCC(OC1=CCCC1)OC1=CCCC1.C=CC(=O)O.C=CC(=O)OC. The molecule has 0 aromatic carbocycles. The Balaban J connectivity index is 0.000000679. The van der Waals surface area contributed by atoms with Gasteiger partial charge in [0.2, 0.25) is 0 Å². The molecule has 0 spiro atoms. The van der Waals surface area contributed by atoms with Crippen molar-refractivity contribution in [2.75, 3.05) is 13.7 Å². The van der Waals surface area contributed by atoms with Crippen LogP contribution in [0.5, 0.6) is 0 Å². The van der Waals surface area contributed by atoms with Crippen molar-refractivity contribution in [3.63, 3.8) is 0 Å². The number of carbonyl (C=O) groups excluding carboxylic acids is 2. The molecule has 2 rings (SSSR count). The highest BCUT2D eigenvalue weighted by atomic mass is 16.7. The molecule has 31 heavy (non-hydrogen) atoms. The second-order valence-corrected chi connectivity index (χ2v) is 6.44. The molecule has 8 heteroatoms. The van der Waals surface area contributed by atoms with E-state index in [0.29, 0.717) is 5.57 Å².